The molecule has 1 N–H and O–H groups in total. The normalized spacial score (nSPS) is 10.9. The molecule has 40 heavy (non-hydrogen) atoms. The summed E-state index contributed by atoms with van der Waals surface area (Å²) < 4.78 is 13.3. The summed E-state index contributed by atoms with van der Waals surface area (Å²) in [5.41, 5.74) is 6.64. The first-order chi connectivity index (χ1) is 19.6. The van der Waals surface area contributed by atoms with Crippen LogP contribution in [0.25, 0.3) is 16.9 Å². The number of ether oxygens (including phenoxy) is 2. The third kappa shape index (κ3) is 5.64. The summed E-state index contributed by atoms with van der Waals surface area (Å²) in [4.78, 5) is 13.6. The fraction of sp³-hybridized carbons (Fsp3) is 0.171. The lowest BCUT2D eigenvalue weighted by Crippen LogP contribution is -2.26. The first-order valence-electron chi connectivity index (χ1n) is 13.5. The Hall–Kier alpha value is -4.77. The zero-order chi connectivity index (χ0) is 27.9. The maximum Gasteiger partial charge on any atom is 0.253 e. The number of hydrogen-bond donors (Lipinski definition) is 1. The van der Waals surface area contributed by atoms with Gasteiger partial charge < -0.3 is 19.4 Å². The van der Waals surface area contributed by atoms with Crippen LogP contribution in [0.4, 0.5) is 0 Å². The van der Waals surface area contributed by atoms with E-state index in [1.54, 1.807) is 14.2 Å². The summed E-state index contributed by atoms with van der Waals surface area (Å²) in [7, 11) is 3.29. The second-order valence-electron chi connectivity index (χ2n) is 9.69. The number of carbonyl (C=O) groups is 1. The quantitative estimate of drug-likeness (QED) is 0.204. The van der Waals surface area contributed by atoms with Crippen molar-refractivity contribution in [1.82, 2.24) is 9.88 Å². The molecule has 0 bridgehead atoms. The number of carbonyl (C=O) groups excluding carboxylic acids is 1. The van der Waals surface area contributed by atoms with E-state index >= 15 is 0 Å². The van der Waals surface area contributed by atoms with Gasteiger partial charge in [0.15, 0.2) is 0 Å². The highest BCUT2D eigenvalue weighted by Gasteiger charge is 2.22. The van der Waals surface area contributed by atoms with E-state index in [0.29, 0.717) is 23.6 Å². The first kappa shape index (κ1) is 26.8. The topological polar surface area (TPSA) is 52.5 Å². The summed E-state index contributed by atoms with van der Waals surface area (Å²) in [6.07, 6.45) is 0.786. The number of rotatable bonds is 10. The highest BCUT2D eigenvalue weighted by Crippen LogP contribution is 2.36. The van der Waals surface area contributed by atoms with Crippen LogP contribution in [0, 0.1) is 6.92 Å². The Morgan fingerprint density at radius 1 is 0.775 bits per heavy atom. The third-order valence-corrected chi connectivity index (χ3v) is 7.31. The van der Waals surface area contributed by atoms with Gasteiger partial charge in [-0.2, -0.15) is 0 Å². The van der Waals surface area contributed by atoms with Gasteiger partial charge in [-0.15, -0.1) is 0 Å². The lowest BCUT2D eigenvalue weighted by atomic mass is 9.88. The molecule has 4 aromatic carbocycles. The van der Waals surface area contributed by atoms with Gasteiger partial charge in [-0.05, 0) is 48.2 Å². The van der Waals surface area contributed by atoms with Crippen molar-refractivity contribution in [3.8, 4) is 28.4 Å². The largest absolute Gasteiger partial charge is 0.497 e. The van der Waals surface area contributed by atoms with Gasteiger partial charge in [0.25, 0.3) is 5.91 Å². The standard InChI is InChI=1S/C35H34N2O3/c1-25-31(35(38)36-22-21-30(26-13-7-4-8-14-26)27-15-9-5-10-16-27)24-32(28-17-11-6-12-18-28)37(25)33-23-29(39-2)19-20-34(33)40-3/h4-20,23-24,30H,21-22H2,1-3H3,(H,36,38). The van der Waals surface area contributed by atoms with Crippen LogP contribution in [0.5, 0.6) is 11.5 Å². The molecule has 0 aliphatic rings. The van der Waals surface area contributed by atoms with Crippen molar-refractivity contribution in [2.75, 3.05) is 20.8 Å². The summed E-state index contributed by atoms with van der Waals surface area (Å²) in [6, 6.07) is 38.6. The van der Waals surface area contributed by atoms with Crippen LogP contribution in [0.1, 0.15) is 39.5 Å². The van der Waals surface area contributed by atoms with E-state index in [1.165, 1.54) is 11.1 Å². The Labute approximate surface area is 236 Å². The predicted octanol–water partition coefficient (Wildman–Crippen LogP) is 7.42. The highest BCUT2D eigenvalue weighted by atomic mass is 16.5. The lowest BCUT2D eigenvalue weighted by Gasteiger charge is -2.18. The highest BCUT2D eigenvalue weighted by molar-refractivity contribution is 5.97. The van der Waals surface area contributed by atoms with Gasteiger partial charge in [0, 0.05) is 24.2 Å². The molecule has 0 aliphatic heterocycles. The average molecular weight is 531 g/mol. The molecule has 1 aromatic heterocycles. The van der Waals surface area contributed by atoms with Gasteiger partial charge >= 0.3 is 0 Å². The minimum atomic E-state index is -0.102. The second-order valence-corrected chi connectivity index (χ2v) is 9.69. The van der Waals surface area contributed by atoms with Crippen LogP contribution in [0.15, 0.2) is 115 Å². The van der Waals surface area contributed by atoms with Crippen molar-refractivity contribution < 1.29 is 14.3 Å². The Bertz CT molecular complexity index is 1520. The van der Waals surface area contributed by atoms with Crippen molar-refractivity contribution in [2.24, 2.45) is 0 Å². The molecular weight excluding hydrogens is 496 g/mol. The van der Waals surface area contributed by atoms with Gasteiger partial charge in [0.05, 0.1) is 31.2 Å². The molecule has 0 atom stereocenters. The molecule has 5 heteroatoms. The fourth-order valence-corrected chi connectivity index (χ4v) is 5.26. The summed E-state index contributed by atoms with van der Waals surface area (Å²) in [5.74, 6) is 1.49. The number of benzene rings is 4. The van der Waals surface area contributed by atoms with Crippen LogP contribution >= 0.6 is 0 Å². The summed E-state index contributed by atoms with van der Waals surface area (Å²) >= 11 is 0. The van der Waals surface area contributed by atoms with E-state index < -0.39 is 0 Å². The fourth-order valence-electron chi connectivity index (χ4n) is 5.26. The molecule has 0 saturated carbocycles. The Morgan fingerprint density at radius 3 is 1.95 bits per heavy atom. The van der Waals surface area contributed by atoms with Crippen LogP contribution in [-0.2, 0) is 0 Å². The number of nitrogens with one attached hydrogen (secondary N) is 1. The van der Waals surface area contributed by atoms with Crippen molar-refractivity contribution in [2.45, 2.75) is 19.3 Å². The van der Waals surface area contributed by atoms with Crippen molar-refractivity contribution in [3.05, 3.63) is 138 Å². The van der Waals surface area contributed by atoms with Gasteiger partial charge in [0.2, 0.25) is 0 Å². The summed E-state index contributed by atoms with van der Waals surface area (Å²) in [6.45, 7) is 2.51. The van der Waals surface area contributed by atoms with E-state index in [0.717, 1.165) is 29.1 Å². The van der Waals surface area contributed by atoms with E-state index in [4.69, 9.17) is 9.47 Å². The Morgan fingerprint density at radius 2 is 1.38 bits per heavy atom. The number of methoxy groups -OCH3 is 2. The molecule has 0 spiro atoms. The molecule has 1 heterocycles. The molecule has 0 fully saturated rings. The predicted molar refractivity (Wildman–Crippen MR) is 161 cm³/mol. The van der Waals surface area contributed by atoms with Crippen LogP contribution < -0.4 is 14.8 Å². The molecule has 0 unspecified atom stereocenters. The van der Waals surface area contributed by atoms with Crippen LogP contribution in [0.2, 0.25) is 0 Å². The van der Waals surface area contributed by atoms with E-state index in [1.807, 2.05) is 73.7 Å². The molecule has 202 valence electrons. The molecule has 5 rings (SSSR count). The van der Waals surface area contributed by atoms with E-state index in [-0.39, 0.29) is 11.8 Å². The van der Waals surface area contributed by atoms with Crippen molar-refractivity contribution >= 4 is 5.91 Å². The maximum absolute atomic E-state index is 13.6. The SMILES string of the molecule is COc1ccc(OC)c(-n2c(-c3ccccc3)cc(C(=O)NCCC(c3ccccc3)c3ccccc3)c2C)c1. The molecule has 1 amide bonds. The lowest BCUT2D eigenvalue weighted by molar-refractivity contribution is 0.0952. The van der Waals surface area contributed by atoms with Crippen molar-refractivity contribution in [3.63, 3.8) is 0 Å². The minimum Gasteiger partial charge on any atom is -0.497 e. The van der Waals surface area contributed by atoms with E-state index in [2.05, 4.69) is 58.4 Å². The maximum atomic E-state index is 13.6. The molecule has 0 saturated heterocycles. The number of aromatic nitrogens is 1. The third-order valence-electron chi connectivity index (χ3n) is 7.31. The Balaban J connectivity index is 1.46. The van der Waals surface area contributed by atoms with Gasteiger partial charge in [-0.25, -0.2) is 0 Å². The van der Waals surface area contributed by atoms with Gasteiger partial charge in [-0.3, -0.25) is 4.79 Å². The van der Waals surface area contributed by atoms with Crippen molar-refractivity contribution in [1.29, 1.82) is 0 Å². The monoisotopic (exact) mass is 530 g/mol. The molecule has 0 radical (unpaired) electrons. The molecule has 0 aliphatic carbocycles. The zero-order valence-electron chi connectivity index (χ0n) is 23.1. The van der Waals surface area contributed by atoms with Crippen LogP contribution in [0.3, 0.4) is 0 Å². The molecule has 5 aromatic rings. The number of amides is 1. The molecule has 5 nitrogen and oxygen atoms in total. The minimum absolute atomic E-state index is 0.102. The van der Waals surface area contributed by atoms with Gasteiger partial charge in [-0.1, -0.05) is 91.0 Å². The van der Waals surface area contributed by atoms with Crippen LogP contribution in [-0.4, -0.2) is 31.2 Å². The smallest absolute Gasteiger partial charge is 0.253 e. The second kappa shape index (κ2) is 12.4. The Kier molecular flexibility index (Phi) is 8.31. The average Bonchev–Trinajstić information content (AvgIpc) is 3.37. The van der Waals surface area contributed by atoms with Gasteiger partial charge in [0.1, 0.15) is 11.5 Å². The summed E-state index contributed by atoms with van der Waals surface area (Å²) in [5, 5.41) is 3.20. The molecular formula is C35H34N2O3. The first-order valence-corrected chi connectivity index (χ1v) is 13.5. The number of hydrogen-bond acceptors (Lipinski definition) is 3. The number of nitrogens with zero attached hydrogens (tertiary/aromatic N) is 1. The van der Waals surface area contributed by atoms with E-state index in [9.17, 15) is 4.79 Å². The zero-order valence-corrected chi connectivity index (χ0v) is 23.1.